The fraction of sp³-hybridized carbons (Fsp3) is 0.308. The van der Waals surface area contributed by atoms with E-state index in [9.17, 15) is 9.59 Å². The molecule has 10 heteroatoms. The molecule has 1 unspecified atom stereocenters. The molecule has 0 bridgehead atoms. The van der Waals surface area contributed by atoms with E-state index in [1.165, 1.54) is 13.8 Å². The molecule has 2 amide bonds. The van der Waals surface area contributed by atoms with Gasteiger partial charge in [0.15, 0.2) is 5.11 Å². The van der Waals surface area contributed by atoms with Crippen LogP contribution in [-0.2, 0) is 9.59 Å². The van der Waals surface area contributed by atoms with Crippen LogP contribution in [0.15, 0.2) is 24.3 Å². The predicted octanol–water partition coefficient (Wildman–Crippen LogP) is 2.76. The maximum atomic E-state index is 11.1. The number of rotatable bonds is 4. The lowest BCUT2D eigenvalue weighted by molar-refractivity contribution is -0.119. The van der Waals surface area contributed by atoms with E-state index in [-0.39, 0.29) is 16.9 Å². The Labute approximate surface area is 154 Å². The van der Waals surface area contributed by atoms with Crippen LogP contribution in [0.4, 0.5) is 11.4 Å². The van der Waals surface area contributed by atoms with E-state index in [0.29, 0.717) is 11.4 Å². The molecule has 23 heavy (non-hydrogen) atoms. The minimum atomic E-state index is -1.79. The van der Waals surface area contributed by atoms with Gasteiger partial charge in [0, 0.05) is 25.2 Å². The van der Waals surface area contributed by atoms with Crippen LogP contribution in [0.2, 0.25) is 0 Å². The molecule has 0 aliphatic rings. The molecule has 126 valence electrons. The Hall–Kier alpha value is -1.28. The van der Waals surface area contributed by atoms with Crippen molar-refractivity contribution in [3.63, 3.8) is 0 Å². The molecule has 1 aromatic rings. The summed E-state index contributed by atoms with van der Waals surface area (Å²) in [5, 5.41) is 10.8. The molecule has 0 aliphatic heterocycles. The summed E-state index contributed by atoms with van der Waals surface area (Å²) in [6, 6.07) is 6.82. The summed E-state index contributed by atoms with van der Waals surface area (Å²) in [7, 11) is 0. The van der Waals surface area contributed by atoms with Crippen molar-refractivity contribution in [2.24, 2.45) is 0 Å². The zero-order valence-electron chi connectivity index (χ0n) is 12.2. The van der Waals surface area contributed by atoms with E-state index in [1.807, 2.05) is 0 Å². The van der Waals surface area contributed by atoms with Gasteiger partial charge in [-0.1, -0.05) is 34.8 Å². The van der Waals surface area contributed by atoms with Gasteiger partial charge in [-0.15, -0.1) is 0 Å². The van der Waals surface area contributed by atoms with Crippen LogP contribution < -0.4 is 21.3 Å². The van der Waals surface area contributed by atoms with Crippen LogP contribution in [-0.4, -0.2) is 26.9 Å². The maximum absolute atomic E-state index is 11.1. The summed E-state index contributed by atoms with van der Waals surface area (Å²) in [4.78, 5) is 22.1. The lowest BCUT2D eigenvalue weighted by Gasteiger charge is -2.27. The molecule has 0 spiro atoms. The first-order valence-corrected chi connectivity index (χ1v) is 7.91. The molecule has 1 aromatic carbocycles. The van der Waals surface area contributed by atoms with Crippen LogP contribution in [0.1, 0.15) is 13.8 Å². The highest BCUT2D eigenvalue weighted by Crippen LogP contribution is 2.29. The Kier molecular flexibility index (Phi) is 7.34. The highest BCUT2D eigenvalue weighted by Gasteiger charge is 2.33. The van der Waals surface area contributed by atoms with E-state index in [4.69, 9.17) is 47.0 Å². The normalized spacial score (nSPS) is 12.0. The molecular weight excluding hydrogens is 383 g/mol. The SMILES string of the molecule is CC(=O)Nc1ccc(NC(=S)NC(NC(C)=O)C(Cl)(Cl)Cl)cc1. The second-order valence-corrected chi connectivity index (χ2v) is 7.31. The third kappa shape index (κ3) is 7.69. The van der Waals surface area contributed by atoms with Gasteiger partial charge in [0.25, 0.3) is 0 Å². The average molecular weight is 398 g/mol. The lowest BCUT2D eigenvalue weighted by Crippen LogP contribution is -2.55. The molecule has 0 aromatic heterocycles. The number of hydrogen-bond acceptors (Lipinski definition) is 3. The summed E-state index contributed by atoms with van der Waals surface area (Å²) >= 11 is 22.5. The number of anilines is 2. The fourth-order valence-corrected chi connectivity index (χ4v) is 2.10. The highest BCUT2D eigenvalue weighted by atomic mass is 35.6. The number of hydrogen-bond donors (Lipinski definition) is 4. The molecule has 0 radical (unpaired) electrons. The number of amides is 2. The summed E-state index contributed by atoms with van der Waals surface area (Å²) < 4.78 is -1.79. The lowest BCUT2D eigenvalue weighted by atomic mass is 10.3. The Bertz CT molecular complexity index is 590. The number of thiocarbonyl (C=S) groups is 1. The monoisotopic (exact) mass is 396 g/mol. The minimum Gasteiger partial charge on any atom is -0.339 e. The Balaban J connectivity index is 2.67. The van der Waals surface area contributed by atoms with Crippen LogP contribution in [0.5, 0.6) is 0 Å². The van der Waals surface area contributed by atoms with Crippen molar-refractivity contribution in [3.8, 4) is 0 Å². The molecule has 6 nitrogen and oxygen atoms in total. The molecular formula is C13H15Cl3N4O2S. The van der Waals surface area contributed by atoms with Crippen LogP contribution in [0, 0.1) is 0 Å². The van der Waals surface area contributed by atoms with Gasteiger partial charge in [0.2, 0.25) is 15.6 Å². The van der Waals surface area contributed by atoms with Crippen molar-refractivity contribution in [1.29, 1.82) is 0 Å². The summed E-state index contributed by atoms with van der Waals surface area (Å²) in [5.74, 6) is -0.542. The maximum Gasteiger partial charge on any atom is 0.228 e. The first-order chi connectivity index (χ1) is 10.6. The quantitative estimate of drug-likeness (QED) is 0.357. The third-order valence-electron chi connectivity index (χ3n) is 2.41. The molecule has 4 N–H and O–H groups in total. The van der Waals surface area contributed by atoms with E-state index in [0.717, 1.165) is 0 Å². The smallest absolute Gasteiger partial charge is 0.228 e. The standard InChI is InChI=1S/C13H15Cl3N4O2S/c1-7(21)17-9-3-5-10(6-4-9)19-12(23)20-11(13(14,15)16)18-8(2)22/h3-6,11H,1-2H3,(H,17,21)(H,18,22)(H2,19,20,23). The number of alkyl halides is 3. The first kappa shape index (κ1) is 19.8. The molecule has 0 fully saturated rings. The number of carbonyl (C=O) groups is 2. The van der Waals surface area contributed by atoms with E-state index in [1.54, 1.807) is 24.3 Å². The van der Waals surface area contributed by atoms with E-state index in [2.05, 4.69) is 21.3 Å². The van der Waals surface area contributed by atoms with Gasteiger partial charge in [-0.3, -0.25) is 9.59 Å². The van der Waals surface area contributed by atoms with Gasteiger partial charge in [0.05, 0.1) is 0 Å². The van der Waals surface area contributed by atoms with Crippen molar-refractivity contribution in [1.82, 2.24) is 10.6 Å². The molecule has 1 rings (SSSR count). The van der Waals surface area contributed by atoms with Crippen molar-refractivity contribution >= 4 is 75.3 Å². The molecule has 1 atom stereocenters. The Morgan fingerprint density at radius 2 is 1.43 bits per heavy atom. The zero-order valence-corrected chi connectivity index (χ0v) is 15.3. The highest BCUT2D eigenvalue weighted by molar-refractivity contribution is 7.80. The number of benzene rings is 1. The van der Waals surface area contributed by atoms with Crippen molar-refractivity contribution in [3.05, 3.63) is 24.3 Å². The Morgan fingerprint density at radius 1 is 0.957 bits per heavy atom. The van der Waals surface area contributed by atoms with Crippen molar-refractivity contribution < 1.29 is 9.59 Å². The van der Waals surface area contributed by atoms with Crippen LogP contribution >= 0.6 is 47.0 Å². The van der Waals surface area contributed by atoms with Gasteiger partial charge < -0.3 is 21.3 Å². The average Bonchev–Trinajstić information content (AvgIpc) is 2.38. The van der Waals surface area contributed by atoms with Gasteiger partial charge in [-0.2, -0.15) is 0 Å². The topological polar surface area (TPSA) is 82.3 Å². The second kappa shape index (κ2) is 8.54. The van der Waals surface area contributed by atoms with Crippen LogP contribution in [0.3, 0.4) is 0 Å². The third-order valence-corrected chi connectivity index (χ3v) is 3.29. The van der Waals surface area contributed by atoms with E-state index < -0.39 is 9.96 Å². The first-order valence-electron chi connectivity index (χ1n) is 6.37. The van der Waals surface area contributed by atoms with Gasteiger partial charge in [0.1, 0.15) is 6.17 Å². The molecule has 0 saturated carbocycles. The van der Waals surface area contributed by atoms with Crippen molar-refractivity contribution in [2.45, 2.75) is 23.8 Å². The predicted molar refractivity (Wildman–Crippen MR) is 98.0 cm³/mol. The van der Waals surface area contributed by atoms with E-state index >= 15 is 0 Å². The van der Waals surface area contributed by atoms with Crippen molar-refractivity contribution in [2.75, 3.05) is 10.6 Å². The fourth-order valence-electron chi connectivity index (χ4n) is 1.54. The summed E-state index contributed by atoms with van der Waals surface area (Å²) in [5.41, 5.74) is 1.31. The Morgan fingerprint density at radius 3 is 1.83 bits per heavy atom. The number of nitrogens with one attached hydrogen (secondary N) is 4. The van der Waals surface area contributed by atoms with Gasteiger partial charge in [-0.25, -0.2) is 0 Å². The number of halogens is 3. The minimum absolute atomic E-state index is 0.155. The summed E-state index contributed by atoms with van der Waals surface area (Å²) in [6.45, 7) is 2.71. The molecule has 0 heterocycles. The molecule has 0 saturated heterocycles. The molecule has 0 aliphatic carbocycles. The van der Waals surface area contributed by atoms with Gasteiger partial charge >= 0.3 is 0 Å². The largest absolute Gasteiger partial charge is 0.339 e. The van der Waals surface area contributed by atoms with Crippen LogP contribution in [0.25, 0.3) is 0 Å². The zero-order chi connectivity index (χ0) is 17.6. The number of carbonyl (C=O) groups excluding carboxylic acids is 2. The van der Waals surface area contributed by atoms with Gasteiger partial charge in [-0.05, 0) is 36.5 Å². The summed E-state index contributed by atoms with van der Waals surface area (Å²) in [6.07, 6.45) is -0.997. The second-order valence-electron chi connectivity index (χ2n) is 4.53.